The normalized spacial score (nSPS) is 16.6. The molecular weight excluding hydrogens is 310 g/mol. The van der Waals surface area contributed by atoms with Gasteiger partial charge in [0.2, 0.25) is 10.0 Å². The minimum Gasteiger partial charge on any atom is -0.496 e. The Morgan fingerprint density at radius 2 is 2.00 bits per heavy atom. The van der Waals surface area contributed by atoms with Crippen molar-refractivity contribution >= 4 is 21.6 Å². The van der Waals surface area contributed by atoms with E-state index in [-0.39, 0.29) is 10.8 Å². The molecule has 6 heteroatoms. The van der Waals surface area contributed by atoms with Crippen molar-refractivity contribution in [3.8, 4) is 5.75 Å². The SMILES string of the molecule is COc1ccc(S(=O)(=O)N(C)CC2CCCC2)cc1CCl. The summed E-state index contributed by atoms with van der Waals surface area (Å²) >= 11 is 5.86. The molecule has 0 aliphatic heterocycles. The second-order valence-electron chi connectivity index (χ2n) is 5.54. The van der Waals surface area contributed by atoms with Crippen molar-refractivity contribution in [3.05, 3.63) is 23.8 Å². The van der Waals surface area contributed by atoms with E-state index in [9.17, 15) is 8.42 Å². The van der Waals surface area contributed by atoms with Crippen LogP contribution in [-0.2, 0) is 15.9 Å². The van der Waals surface area contributed by atoms with Crippen LogP contribution in [0.15, 0.2) is 23.1 Å². The molecule has 0 N–H and O–H groups in total. The van der Waals surface area contributed by atoms with Crippen LogP contribution in [0.4, 0.5) is 0 Å². The van der Waals surface area contributed by atoms with Gasteiger partial charge in [0.1, 0.15) is 5.75 Å². The van der Waals surface area contributed by atoms with Crippen molar-refractivity contribution in [3.63, 3.8) is 0 Å². The van der Waals surface area contributed by atoms with E-state index in [1.165, 1.54) is 17.1 Å². The number of rotatable bonds is 6. The molecule has 0 spiro atoms. The van der Waals surface area contributed by atoms with Gasteiger partial charge in [0.15, 0.2) is 0 Å². The van der Waals surface area contributed by atoms with Crippen molar-refractivity contribution in [2.45, 2.75) is 36.5 Å². The molecule has 21 heavy (non-hydrogen) atoms. The zero-order valence-electron chi connectivity index (χ0n) is 12.5. The number of sulfonamides is 1. The lowest BCUT2D eigenvalue weighted by Crippen LogP contribution is -2.31. The van der Waals surface area contributed by atoms with Crippen molar-refractivity contribution < 1.29 is 13.2 Å². The van der Waals surface area contributed by atoms with Crippen LogP contribution in [0.25, 0.3) is 0 Å². The predicted octanol–water partition coefficient (Wildman–Crippen LogP) is 3.24. The van der Waals surface area contributed by atoms with E-state index in [1.807, 2.05) is 0 Å². The van der Waals surface area contributed by atoms with Crippen molar-refractivity contribution in [2.24, 2.45) is 5.92 Å². The first-order valence-corrected chi connectivity index (χ1v) is 9.15. The Balaban J connectivity index is 2.21. The molecule has 0 aromatic heterocycles. The fourth-order valence-corrected chi connectivity index (χ4v) is 4.36. The highest BCUT2D eigenvalue weighted by Gasteiger charge is 2.26. The first kappa shape index (κ1) is 16.6. The average molecular weight is 332 g/mol. The molecule has 1 saturated carbocycles. The van der Waals surface area contributed by atoms with E-state index in [0.717, 1.165) is 12.8 Å². The van der Waals surface area contributed by atoms with Crippen molar-refractivity contribution in [1.29, 1.82) is 0 Å². The van der Waals surface area contributed by atoms with Crippen LogP contribution in [-0.4, -0.2) is 33.4 Å². The zero-order valence-corrected chi connectivity index (χ0v) is 14.1. The molecule has 1 fully saturated rings. The highest BCUT2D eigenvalue weighted by Crippen LogP contribution is 2.29. The van der Waals surface area contributed by atoms with Gasteiger partial charge in [-0.2, -0.15) is 0 Å². The van der Waals surface area contributed by atoms with Crippen LogP contribution in [0.5, 0.6) is 5.75 Å². The van der Waals surface area contributed by atoms with Gasteiger partial charge in [0.25, 0.3) is 0 Å². The number of hydrogen-bond acceptors (Lipinski definition) is 3. The fourth-order valence-electron chi connectivity index (χ4n) is 2.85. The van der Waals surface area contributed by atoms with Gasteiger partial charge in [-0.15, -0.1) is 11.6 Å². The molecule has 118 valence electrons. The molecule has 0 saturated heterocycles. The summed E-state index contributed by atoms with van der Waals surface area (Å²) in [6.45, 7) is 0.588. The number of hydrogen-bond donors (Lipinski definition) is 0. The van der Waals surface area contributed by atoms with E-state index in [2.05, 4.69) is 0 Å². The Hall–Kier alpha value is -0.780. The van der Waals surface area contributed by atoms with Crippen molar-refractivity contribution in [1.82, 2.24) is 4.31 Å². The molecule has 0 atom stereocenters. The second-order valence-corrected chi connectivity index (χ2v) is 7.86. The predicted molar refractivity (Wildman–Crippen MR) is 84.3 cm³/mol. The van der Waals surface area contributed by atoms with Gasteiger partial charge in [-0.3, -0.25) is 0 Å². The topological polar surface area (TPSA) is 46.6 Å². The van der Waals surface area contributed by atoms with Gasteiger partial charge in [0.05, 0.1) is 17.9 Å². The number of benzene rings is 1. The fraction of sp³-hybridized carbons (Fsp3) is 0.600. The quantitative estimate of drug-likeness (QED) is 0.752. The van der Waals surface area contributed by atoms with Gasteiger partial charge < -0.3 is 4.74 Å². The Morgan fingerprint density at radius 3 is 2.57 bits per heavy atom. The molecule has 0 radical (unpaired) electrons. The van der Waals surface area contributed by atoms with E-state index >= 15 is 0 Å². The Kier molecular flexibility index (Phi) is 5.52. The first-order chi connectivity index (χ1) is 9.98. The highest BCUT2D eigenvalue weighted by atomic mass is 35.5. The highest BCUT2D eigenvalue weighted by molar-refractivity contribution is 7.89. The van der Waals surface area contributed by atoms with E-state index in [4.69, 9.17) is 16.3 Å². The molecule has 1 aliphatic carbocycles. The smallest absolute Gasteiger partial charge is 0.242 e. The summed E-state index contributed by atoms with van der Waals surface area (Å²) < 4.78 is 31.9. The third-order valence-corrected chi connectivity index (χ3v) is 6.20. The number of halogens is 1. The van der Waals surface area contributed by atoms with Crippen LogP contribution >= 0.6 is 11.6 Å². The van der Waals surface area contributed by atoms with E-state index < -0.39 is 10.0 Å². The lowest BCUT2D eigenvalue weighted by molar-refractivity contribution is 0.387. The summed E-state index contributed by atoms with van der Waals surface area (Å²) in [6, 6.07) is 4.84. The van der Waals surface area contributed by atoms with Crippen molar-refractivity contribution in [2.75, 3.05) is 20.7 Å². The van der Waals surface area contributed by atoms with Gasteiger partial charge in [-0.05, 0) is 37.0 Å². The van der Waals surface area contributed by atoms with E-state index in [1.54, 1.807) is 32.4 Å². The number of alkyl halides is 1. The Labute approximate surface area is 132 Å². The molecule has 0 amide bonds. The molecule has 0 heterocycles. The zero-order chi connectivity index (χ0) is 15.5. The molecular formula is C15H22ClNO3S. The number of methoxy groups -OCH3 is 1. The monoisotopic (exact) mass is 331 g/mol. The Bertz CT molecular complexity index is 583. The molecule has 0 unspecified atom stereocenters. The molecule has 1 aromatic carbocycles. The summed E-state index contributed by atoms with van der Waals surface area (Å²) in [6.07, 6.45) is 4.65. The largest absolute Gasteiger partial charge is 0.496 e. The molecule has 2 rings (SSSR count). The van der Waals surface area contributed by atoms with Crippen LogP contribution in [0.3, 0.4) is 0 Å². The summed E-state index contributed by atoms with van der Waals surface area (Å²) in [5.74, 6) is 1.32. The van der Waals surface area contributed by atoms with Crippen LogP contribution in [0.2, 0.25) is 0 Å². The summed E-state index contributed by atoms with van der Waals surface area (Å²) in [4.78, 5) is 0.277. The van der Waals surface area contributed by atoms with Gasteiger partial charge in [-0.25, -0.2) is 12.7 Å². The molecule has 0 bridgehead atoms. The summed E-state index contributed by atoms with van der Waals surface area (Å²) in [5.41, 5.74) is 0.689. The molecule has 4 nitrogen and oxygen atoms in total. The maximum Gasteiger partial charge on any atom is 0.242 e. The lowest BCUT2D eigenvalue weighted by Gasteiger charge is -2.21. The molecule has 1 aromatic rings. The first-order valence-electron chi connectivity index (χ1n) is 7.18. The number of ether oxygens (including phenoxy) is 1. The minimum absolute atomic E-state index is 0.221. The summed E-state index contributed by atoms with van der Waals surface area (Å²) in [7, 11) is -0.266. The maximum atomic E-state index is 12.6. The maximum absolute atomic E-state index is 12.6. The average Bonchev–Trinajstić information content (AvgIpc) is 2.99. The van der Waals surface area contributed by atoms with Crippen LogP contribution in [0, 0.1) is 5.92 Å². The number of nitrogens with zero attached hydrogens (tertiary/aromatic N) is 1. The minimum atomic E-state index is -3.46. The van der Waals surface area contributed by atoms with E-state index in [0.29, 0.717) is 23.8 Å². The standard InChI is InChI=1S/C15H22ClNO3S/c1-17(11-12-5-3-4-6-12)21(18,19)14-7-8-15(20-2)13(9-14)10-16/h7-9,12H,3-6,10-11H2,1-2H3. The summed E-state index contributed by atoms with van der Waals surface area (Å²) in [5, 5.41) is 0. The third kappa shape index (κ3) is 3.71. The lowest BCUT2D eigenvalue weighted by atomic mass is 10.1. The third-order valence-electron chi connectivity index (χ3n) is 4.09. The van der Waals surface area contributed by atoms with Crippen LogP contribution < -0.4 is 4.74 Å². The van der Waals surface area contributed by atoms with Crippen LogP contribution in [0.1, 0.15) is 31.2 Å². The van der Waals surface area contributed by atoms with Gasteiger partial charge >= 0.3 is 0 Å². The molecule has 1 aliphatic rings. The van der Waals surface area contributed by atoms with Gasteiger partial charge in [0, 0.05) is 19.2 Å². The second kappa shape index (κ2) is 6.99. The Morgan fingerprint density at radius 1 is 1.33 bits per heavy atom. The van der Waals surface area contributed by atoms with Gasteiger partial charge in [-0.1, -0.05) is 12.8 Å².